The Bertz CT molecular complexity index is 743. The Balaban J connectivity index is 1.62. The van der Waals surface area contributed by atoms with E-state index in [4.69, 9.17) is 5.11 Å². The van der Waals surface area contributed by atoms with Crippen molar-refractivity contribution in [2.45, 2.75) is 39.2 Å². The van der Waals surface area contributed by atoms with Crippen molar-refractivity contribution in [2.24, 2.45) is 5.41 Å². The number of piperidine rings is 1. The second-order valence-corrected chi connectivity index (χ2v) is 7.37. The zero-order valence-corrected chi connectivity index (χ0v) is 15.3. The molecule has 0 saturated carbocycles. The van der Waals surface area contributed by atoms with Gasteiger partial charge in [-0.2, -0.15) is 0 Å². The molecular weight excluding hydrogens is 334 g/mol. The van der Waals surface area contributed by atoms with Crippen LogP contribution in [-0.2, 0) is 16.1 Å². The van der Waals surface area contributed by atoms with E-state index in [1.165, 1.54) is 6.07 Å². The van der Waals surface area contributed by atoms with Gasteiger partial charge in [-0.15, -0.1) is 0 Å². The number of aromatic nitrogens is 1. The second kappa shape index (κ2) is 7.61. The van der Waals surface area contributed by atoms with E-state index in [2.05, 4.69) is 0 Å². The van der Waals surface area contributed by atoms with Gasteiger partial charge in [0, 0.05) is 50.9 Å². The number of rotatable bonds is 5. The summed E-state index contributed by atoms with van der Waals surface area (Å²) in [4.78, 5) is 40.9. The first-order valence-corrected chi connectivity index (χ1v) is 9.31. The van der Waals surface area contributed by atoms with Crippen LogP contribution in [0.15, 0.2) is 23.0 Å². The first kappa shape index (κ1) is 18.6. The van der Waals surface area contributed by atoms with Gasteiger partial charge in [-0.1, -0.05) is 6.07 Å². The number of carbonyl (C=O) groups is 2. The Kier molecular flexibility index (Phi) is 5.46. The highest BCUT2D eigenvalue weighted by Crippen LogP contribution is 2.40. The molecule has 3 rings (SSSR count). The van der Waals surface area contributed by atoms with E-state index in [0.29, 0.717) is 39.1 Å². The second-order valence-electron chi connectivity index (χ2n) is 7.37. The number of aliphatic hydroxyl groups excluding tert-OH is 1. The third-order valence-electron chi connectivity index (χ3n) is 5.72. The normalized spacial score (nSPS) is 23.1. The van der Waals surface area contributed by atoms with Crippen molar-refractivity contribution in [1.82, 2.24) is 14.4 Å². The zero-order valence-electron chi connectivity index (χ0n) is 15.3. The minimum absolute atomic E-state index is 0.0101. The molecule has 2 saturated heterocycles. The number of pyridine rings is 1. The summed E-state index contributed by atoms with van der Waals surface area (Å²) in [6.45, 7) is 4.27. The number of nitrogens with zero attached hydrogens (tertiary/aromatic N) is 3. The number of hydrogen-bond donors (Lipinski definition) is 1. The maximum atomic E-state index is 12.8. The summed E-state index contributed by atoms with van der Waals surface area (Å²) in [7, 11) is 0. The largest absolute Gasteiger partial charge is 0.395 e. The van der Waals surface area contributed by atoms with E-state index in [9.17, 15) is 14.4 Å². The van der Waals surface area contributed by atoms with Crippen LogP contribution in [-0.4, -0.2) is 64.1 Å². The number of carbonyl (C=O) groups excluding carboxylic acids is 2. The number of hydrogen-bond acceptors (Lipinski definition) is 4. The lowest BCUT2D eigenvalue weighted by atomic mass is 9.78. The first-order chi connectivity index (χ1) is 12.5. The third-order valence-corrected chi connectivity index (χ3v) is 5.72. The number of aryl methyl sites for hydroxylation is 1. The fourth-order valence-corrected chi connectivity index (χ4v) is 4.23. The van der Waals surface area contributed by atoms with Crippen LogP contribution in [0.5, 0.6) is 0 Å². The van der Waals surface area contributed by atoms with Crippen LogP contribution in [0.3, 0.4) is 0 Å². The molecule has 7 nitrogen and oxygen atoms in total. The molecule has 2 fully saturated rings. The van der Waals surface area contributed by atoms with E-state index >= 15 is 0 Å². The van der Waals surface area contributed by atoms with Gasteiger partial charge >= 0.3 is 0 Å². The Morgan fingerprint density at radius 1 is 1.19 bits per heavy atom. The summed E-state index contributed by atoms with van der Waals surface area (Å²) in [5, 5.41) is 9.14. The zero-order chi connectivity index (χ0) is 18.7. The molecule has 1 atom stereocenters. The van der Waals surface area contributed by atoms with Crippen LogP contribution >= 0.6 is 0 Å². The Labute approximate surface area is 153 Å². The molecule has 2 aliphatic rings. The molecule has 26 heavy (non-hydrogen) atoms. The van der Waals surface area contributed by atoms with Crippen molar-refractivity contribution < 1.29 is 14.7 Å². The lowest BCUT2D eigenvalue weighted by Gasteiger charge is -2.39. The fraction of sp³-hybridized carbons (Fsp3) is 0.632. The third kappa shape index (κ3) is 3.53. The topological polar surface area (TPSA) is 82.8 Å². The summed E-state index contributed by atoms with van der Waals surface area (Å²) in [6.07, 6.45) is 2.65. The van der Waals surface area contributed by atoms with E-state index < -0.39 is 5.41 Å². The van der Waals surface area contributed by atoms with Gasteiger partial charge in [-0.05, 0) is 32.3 Å². The van der Waals surface area contributed by atoms with E-state index in [1.807, 2.05) is 13.0 Å². The highest BCUT2D eigenvalue weighted by atomic mass is 16.3. The van der Waals surface area contributed by atoms with Crippen LogP contribution in [0.4, 0.5) is 0 Å². The van der Waals surface area contributed by atoms with Gasteiger partial charge in [0.05, 0.1) is 12.0 Å². The van der Waals surface area contributed by atoms with Crippen LogP contribution in [0, 0.1) is 12.3 Å². The molecule has 7 heteroatoms. The molecule has 2 amide bonds. The lowest BCUT2D eigenvalue weighted by Crippen LogP contribution is -2.51. The monoisotopic (exact) mass is 361 g/mol. The van der Waals surface area contributed by atoms with Crippen molar-refractivity contribution in [2.75, 3.05) is 32.8 Å². The Hall–Kier alpha value is -2.15. The maximum absolute atomic E-state index is 12.8. The van der Waals surface area contributed by atoms with Gasteiger partial charge in [-0.25, -0.2) is 0 Å². The van der Waals surface area contributed by atoms with Gasteiger partial charge in [-0.3, -0.25) is 14.4 Å². The molecule has 0 bridgehead atoms. The van der Waals surface area contributed by atoms with Crippen molar-refractivity contribution in [3.63, 3.8) is 0 Å². The van der Waals surface area contributed by atoms with Crippen molar-refractivity contribution in [3.05, 3.63) is 34.2 Å². The molecule has 1 aromatic heterocycles. The summed E-state index contributed by atoms with van der Waals surface area (Å²) in [5.41, 5.74) is 0.255. The first-order valence-electron chi connectivity index (χ1n) is 9.31. The fourth-order valence-electron chi connectivity index (χ4n) is 4.23. The molecular formula is C19H27N3O4. The van der Waals surface area contributed by atoms with Gasteiger partial charge < -0.3 is 19.5 Å². The lowest BCUT2D eigenvalue weighted by molar-refractivity contribution is -0.146. The number of β-amino-alcohol motifs (C(OH)–C–C–N with tert-alkyl or cyclic N) is 1. The van der Waals surface area contributed by atoms with Gasteiger partial charge in [0.25, 0.3) is 5.56 Å². The Morgan fingerprint density at radius 2 is 2.00 bits per heavy atom. The minimum atomic E-state index is -0.484. The quantitative estimate of drug-likeness (QED) is 0.822. The average molecular weight is 361 g/mol. The molecule has 142 valence electrons. The van der Waals surface area contributed by atoms with Gasteiger partial charge in [0.1, 0.15) is 0 Å². The van der Waals surface area contributed by atoms with Crippen molar-refractivity contribution in [1.29, 1.82) is 0 Å². The van der Waals surface area contributed by atoms with E-state index in [1.54, 1.807) is 20.4 Å². The number of amides is 2. The highest BCUT2D eigenvalue weighted by Gasteiger charge is 2.49. The summed E-state index contributed by atoms with van der Waals surface area (Å²) in [5.74, 6) is 0.0623. The minimum Gasteiger partial charge on any atom is -0.395 e. The van der Waals surface area contributed by atoms with Gasteiger partial charge in [0.2, 0.25) is 11.8 Å². The summed E-state index contributed by atoms with van der Waals surface area (Å²) < 4.78 is 1.61. The van der Waals surface area contributed by atoms with Gasteiger partial charge in [0.15, 0.2) is 0 Å². The molecule has 0 radical (unpaired) electrons. The molecule has 1 aromatic rings. The van der Waals surface area contributed by atoms with E-state index in [0.717, 1.165) is 18.5 Å². The SMILES string of the molecule is Cc1cccc(=O)n1CCC(=O)N1CCC2(CCCN(CCO)C2=O)C1. The van der Waals surface area contributed by atoms with Crippen LogP contribution in [0.25, 0.3) is 0 Å². The van der Waals surface area contributed by atoms with Crippen molar-refractivity contribution >= 4 is 11.8 Å². The molecule has 2 aliphatic heterocycles. The van der Waals surface area contributed by atoms with E-state index in [-0.39, 0.29) is 30.4 Å². The number of likely N-dealkylation sites (tertiary alicyclic amines) is 2. The van der Waals surface area contributed by atoms with Crippen LogP contribution < -0.4 is 5.56 Å². The predicted octanol–water partition coefficient (Wildman–Crippen LogP) is 0.380. The molecule has 1 N–H and O–H groups in total. The molecule has 3 heterocycles. The molecule has 0 aromatic carbocycles. The summed E-state index contributed by atoms with van der Waals surface area (Å²) in [6, 6.07) is 5.07. The van der Waals surface area contributed by atoms with Crippen LogP contribution in [0.1, 0.15) is 31.4 Å². The molecule has 1 unspecified atom stereocenters. The highest BCUT2D eigenvalue weighted by molar-refractivity contribution is 5.86. The van der Waals surface area contributed by atoms with Crippen molar-refractivity contribution in [3.8, 4) is 0 Å². The average Bonchev–Trinajstić information content (AvgIpc) is 3.04. The standard InChI is InChI=1S/C19H27N3O4/c1-15-4-2-5-17(25)22(15)10-6-16(24)21-11-8-19(14-21)7-3-9-20(12-13-23)18(19)26/h2,4-5,23H,3,6-14H2,1H3. The summed E-state index contributed by atoms with van der Waals surface area (Å²) >= 11 is 0. The Morgan fingerprint density at radius 3 is 2.73 bits per heavy atom. The molecule has 1 spiro atoms. The maximum Gasteiger partial charge on any atom is 0.250 e. The molecule has 0 aliphatic carbocycles. The van der Waals surface area contributed by atoms with Crippen LogP contribution in [0.2, 0.25) is 0 Å². The number of aliphatic hydroxyl groups is 1. The smallest absolute Gasteiger partial charge is 0.250 e. The predicted molar refractivity (Wildman–Crippen MR) is 96.6 cm³/mol.